The smallest absolute Gasteiger partial charge is 0.231 e. The molecule has 1 aromatic heterocycles. The van der Waals surface area contributed by atoms with Crippen LogP contribution in [0.5, 0.6) is 0 Å². The van der Waals surface area contributed by atoms with Crippen molar-refractivity contribution in [3.63, 3.8) is 0 Å². The Morgan fingerprint density at radius 2 is 1.90 bits per heavy atom. The second-order valence-corrected chi connectivity index (χ2v) is 7.75. The second-order valence-electron chi connectivity index (χ2n) is 4.94. The predicted molar refractivity (Wildman–Crippen MR) is 83.7 cm³/mol. The molecule has 0 radical (unpaired) electrons. The Labute approximate surface area is 130 Å². The first-order chi connectivity index (χ1) is 10.00. The maximum Gasteiger partial charge on any atom is 0.231 e. The van der Waals surface area contributed by atoms with Crippen molar-refractivity contribution >= 4 is 33.3 Å². The molecule has 0 atom stereocenters. The minimum atomic E-state index is -3.01. The molecule has 0 amide bonds. The van der Waals surface area contributed by atoms with E-state index in [0.717, 1.165) is 25.9 Å². The lowest BCUT2D eigenvalue weighted by Crippen LogP contribution is -2.31. The molecule has 1 aliphatic heterocycles. The van der Waals surface area contributed by atoms with Gasteiger partial charge in [0.1, 0.15) is 0 Å². The Hall–Kier alpha value is -1.15. The van der Waals surface area contributed by atoms with Crippen LogP contribution in [-0.2, 0) is 9.84 Å². The van der Waals surface area contributed by atoms with E-state index < -0.39 is 9.84 Å². The van der Waals surface area contributed by atoms with Gasteiger partial charge in [-0.2, -0.15) is 15.0 Å². The van der Waals surface area contributed by atoms with Crippen LogP contribution in [0.25, 0.3) is 0 Å². The van der Waals surface area contributed by atoms with Crippen LogP contribution in [-0.4, -0.2) is 54.5 Å². The maximum absolute atomic E-state index is 11.4. The molecule has 0 aliphatic carbocycles. The van der Waals surface area contributed by atoms with Gasteiger partial charge in [0, 0.05) is 25.4 Å². The summed E-state index contributed by atoms with van der Waals surface area (Å²) in [5.74, 6) is 1.05. The van der Waals surface area contributed by atoms with Crippen LogP contribution in [0, 0.1) is 0 Å². The molecule has 7 nitrogen and oxygen atoms in total. The monoisotopic (exact) mass is 333 g/mol. The highest BCUT2D eigenvalue weighted by atomic mass is 35.5. The number of hydrogen-bond donors (Lipinski definition) is 1. The van der Waals surface area contributed by atoms with Crippen LogP contribution in [0.2, 0.25) is 5.28 Å². The largest absolute Gasteiger partial charge is 0.353 e. The van der Waals surface area contributed by atoms with Gasteiger partial charge < -0.3 is 10.2 Å². The zero-order valence-corrected chi connectivity index (χ0v) is 13.6. The molecule has 2 rings (SSSR count). The number of anilines is 2. The fourth-order valence-electron chi connectivity index (χ4n) is 2.12. The Morgan fingerprint density at radius 3 is 2.57 bits per heavy atom. The predicted octanol–water partition coefficient (Wildman–Crippen LogP) is 1.36. The van der Waals surface area contributed by atoms with Crippen molar-refractivity contribution in [3.8, 4) is 0 Å². The summed E-state index contributed by atoms with van der Waals surface area (Å²) in [6.07, 6.45) is 3.44. The highest BCUT2D eigenvalue weighted by Gasteiger charge is 2.16. The number of rotatable bonds is 6. The van der Waals surface area contributed by atoms with Crippen molar-refractivity contribution in [2.75, 3.05) is 41.4 Å². The van der Waals surface area contributed by atoms with E-state index in [1.165, 1.54) is 6.42 Å². The number of nitrogens with zero attached hydrogens (tertiary/aromatic N) is 4. The summed E-state index contributed by atoms with van der Waals surface area (Å²) < 4.78 is 22.9. The van der Waals surface area contributed by atoms with Gasteiger partial charge in [0.05, 0.1) is 5.75 Å². The molecule has 9 heteroatoms. The first kappa shape index (κ1) is 16.2. The maximum atomic E-state index is 11.4. The van der Waals surface area contributed by atoms with E-state index in [0.29, 0.717) is 11.9 Å². The lowest BCUT2D eigenvalue weighted by atomic mass is 10.1. The second kappa shape index (κ2) is 7.22. The molecule has 2 heterocycles. The van der Waals surface area contributed by atoms with E-state index in [2.05, 4.69) is 25.2 Å². The Kier molecular flexibility index (Phi) is 5.58. The van der Waals surface area contributed by atoms with E-state index in [9.17, 15) is 8.42 Å². The van der Waals surface area contributed by atoms with Crippen LogP contribution in [0.15, 0.2) is 0 Å². The summed E-state index contributed by atoms with van der Waals surface area (Å²) in [4.78, 5) is 14.5. The molecule has 21 heavy (non-hydrogen) atoms. The highest BCUT2D eigenvalue weighted by Crippen LogP contribution is 2.18. The van der Waals surface area contributed by atoms with Crippen molar-refractivity contribution in [1.29, 1.82) is 0 Å². The first-order valence-electron chi connectivity index (χ1n) is 7.11. The van der Waals surface area contributed by atoms with Gasteiger partial charge in [0.2, 0.25) is 17.2 Å². The zero-order chi connectivity index (χ0) is 15.3. The lowest BCUT2D eigenvalue weighted by molar-refractivity contribution is 0.567. The quantitative estimate of drug-likeness (QED) is 0.840. The minimum absolute atomic E-state index is 0.0475. The molecule has 1 saturated heterocycles. The van der Waals surface area contributed by atoms with E-state index in [1.807, 2.05) is 0 Å². The van der Waals surface area contributed by atoms with E-state index in [-0.39, 0.29) is 23.3 Å². The third-order valence-electron chi connectivity index (χ3n) is 3.37. The number of sulfone groups is 1. The molecule has 1 N–H and O–H groups in total. The summed E-state index contributed by atoms with van der Waals surface area (Å²) in [6.45, 7) is 3.70. The van der Waals surface area contributed by atoms with Crippen LogP contribution in [0.3, 0.4) is 0 Å². The summed E-state index contributed by atoms with van der Waals surface area (Å²) in [5, 5.41) is 3.02. The Balaban J connectivity index is 2.01. The fourth-order valence-corrected chi connectivity index (χ4v) is 2.97. The number of hydrogen-bond acceptors (Lipinski definition) is 7. The van der Waals surface area contributed by atoms with E-state index in [4.69, 9.17) is 11.6 Å². The van der Waals surface area contributed by atoms with Gasteiger partial charge >= 0.3 is 0 Å². The van der Waals surface area contributed by atoms with Crippen molar-refractivity contribution in [3.05, 3.63) is 5.28 Å². The number of halogens is 1. The summed E-state index contributed by atoms with van der Waals surface area (Å²) in [6, 6.07) is 0. The molecule has 1 aliphatic rings. The van der Waals surface area contributed by atoms with Gasteiger partial charge in [-0.1, -0.05) is 6.92 Å². The van der Waals surface area contributed by atoms with Gasteiger partial charge in [-0.05, 0) is 30.9 Å². The van der Waals surface area contributed by atoms with Crippen molar-refractivity contribution in [2.24, 2.45) is 0 Å². The normalized spacial score (nSPS) is 16.0. The van der Waals surface area contributed by atoms with Crippen LogP contribution in [0.1, 0.15) is 26.2 Å². The van der Waals surface area contributed by atoms with Crippen molar-refractivity contribution in [2.45, 2.75) is 26.2 Å². The van der Waals surface area contributed by atoms with Gasteiger partial charge in [-0.25, -0.2) is 8.42 Å². The van der Waals surface area contributed by atoms with Crippen LogP contribution in [0.4, 0.5) is 11.9 Å². The molecule has 118 valence electrons. The first-order valence-corrected chi connectivity index (χ1v) is 9.31. The Bertz CT molecular complexity index is 575. The summed E-state index contributed by atoms with van der Waals surface area (Å²) >= 11 is 5.92. The average Bonchev–Trinajstić information content (AvgIpc) is 2.47. The molecule has 0 aromatic carbocycles. The Morgan fingerprint density at radius 1 is 1.19 bits per heavy atom. The zero-order valence-electron chi connectivity index (χ0n) is 12.0. The third kappa shape index (κ3) is 4.96. The highest BCUT2D eigenvalue weighted by molar-refractivity contribution is 7.91. The molecular formula is C12H20ClN5O2S. The molecule has 0 unspecified atom stereocenters. The standard InChI is InChI=1S/C12H20ClN5O2S/c1-2-21(19,20)9-6-14-11-15-10(13)16-12(17-11)18-7-4-3-5-8-18/h2-9H2,1H3,(H,14,15,16,17). The number of nitrogens with one attached hydrogen (secondary N) is 1. The third-order valence-corrected chi connectivity index (χ3v) is 5.25. The molecule has 0 spiro atoms. The SMILES string of the molecule is CCS(=O)(=O)CCNc1nc(Cl)nc(N2CCCCC2)n1. The van der Waals surface area contributed by atoms with Crippen molar-refractivity contribution in [1.82, 2.24) is 15.0 Å². The van der Waals surface area contributed by atoms with Crippen LogP contribution < -0.4 is 10.2 Å². The molecule has 0 bridgehead atoms. The lowest BCUT2D eigenvalue weighted by Gasteiger charge is -2.26. The van der Waals surface area contributed by atoms with Gasteiger partial charge in [0.15, 0.2) is 9.84 Å². The molecule has 1 aromatic rings. The van der Waals surface area contributed by atoms with Gasteiger partial charge in [-0.15, -0.1) is 0 Å². The number of piperidine rings is 1. The number of aromatic nitrogens is 3. The topological polar surface area (TPSA) is 88.1 Å². The van der Waals surface area contributed by atoms with E-state index >= 15 is 0 Å². The van der Waals surface area contributed by atoms with Gasteiger partial charge in [0.25, 0.3) is 0 Å². The minimum Gasteiger partial charge on any atom is -0.353 e. The van der Waals surface area contributed by atoms with E-state index in [1.54, 1.807) is 6.92 Å². The average molecular weight is 334 g/mol. The summed E-state index contributed by atoms with van der Waals surface area (Å²) in [7, 11) is -3.01. The summed E-state index contributed by atoms with van der Waals surface area (Å²) in [5.41, 5.74) is 0. The molecule has 1 fully saturated rings. The van der Waals surface area contributed by atoms with Crippen LogP contribution >= 0.6 is 11.6 Å². The van der Waals surface area contributed by atoms with Gasteiger partial charge in [-0.3, -0.25) is 0 Å². The molecular weight excluding hydrogens is 314 g/mol. The fraction of sp³-hybridized carbons (Fsp3) is 0.750. The van der Waals surface area contributed by atoms with Crippen molar-refractivity contribution < 1.29 is 8.42 Å². The molecule has 0 saturated carbocycles.